The summed E-state index contributed by atoms with van der Waals surface area (Å²) in [6.45, 7) is 1.16. The van der Waals surface area contributed by atoms with Crippen LogP contribution in [0.25, 0.3) is 0 Å². The zero-order chi connectivity index (χ0) is 15.3. The van der Waals surface area contributed by atoms with Crippen LogP contribution in [0.2, 0.25) is 0 Å². The molecule has 1 rings (SSSR count). The molecule has 9 heteroatoms. The zero-order valence-electron chi connectivity index (χ0n) is 10.8. The van der Waals surface area contributed by atoms with Gasteiger partial charge in [-0.3, -0.25) is 0 Å². The zero-order valence-corrected chi connectivity index (χ0v) is 10.8. The second kappa shape index (κ2) is 6.42. The van der Waals surface area contributed by atoms with Crippen molar-refractivity contribution in [2.24, 2.45) is 5.73 Å². The lowest BCUT2D eigenvalue weighted by Gasteiger charge is -2.17. The first kappa shape index (κ1) is 16.0. The SMILES string of the molecule is CCOC(=O)c1ncc(OC)c(CN)c1OC(F)(F)F. The number of ether oxygens (including phenoxy) is 3. The maximum Gasteiger partial charge on any atom is 0.573 e. The molecule has 0 atom stereocenters. The Kier molecular flexibility index (Phi) is 5.14. The molecule has 2 N–H and O–H groups in total. The molecule has 0 saturated carbocycles. The Morgan fingerprint density at radius 2 is 2.10 bits per heavy atom. The lowest BCUT2D eigenvalue weighted by molar-refractivity contribution is -0.275. The van der Waals surface area contributed by atoms with Crippen molar-refractivity contribution < 1.29 is 32.2 Å². The van der Waals surface area contributed by atoms with Crippen LogP contribution in [0.5, 0.6) is 11.5 Å². The molecule has 0 aliphatic rings. The summed E-state index contributed by atoms with van der Waals surface area (Å²) in [4.78, 5) is 15.2. The number of pyridine rings is 1. The molecule has 0 aromatic carbocycles. The van der Waals surface area contributed by atoms with E-state index in [1.807, 2.05) is 0 Å². The summed E-state index contributed by atoms with van der Waals surface area (Å²) >= 11 is 0. The quantitative estimate of drug-likeness (QED) is 0.831. The van der Waals surface area contributed by atoms with Crippen LogP contribution in [0.15, 0.2) is 6.20 Å². The van der Waals surface area contributed by atoms with E-state index in [9.17, 15) is 18.0 Å². The maximum atomic E-state index is 12.4. The third-order valence-corrected chi connectivity index (χ3v) is 2.21. The van der Waals surface area contributed by atoms with Crippen molar-refractivity contribution in [3.05, 3.63) is 17.5 Å². The van der Waals surface area contributed by atoms with Crippen LogP contribution in [0.4, 0.5) is 13.2 Å². The van der Waals surface area contributed by atoms with Crippen LogP contribution in [0, 0.1) is 0 Å². The van der Waals surface area contributed by atoms with Gasteiger partial charge in [-0.1, -0.05) is 0 Å². The number of hydrogen-bond acceptors (Lipinski definition) is 6. The summed E-state index contributed by atoms with van der Waals surface area (Å²) in [7, 11) is 1.23. The topological polar surface area (TPSA) is 83.7 Å². The average molecular weight is 294 g/mol. The smallest absolute Gasteiger partial charge is 0.495 e. The largest absolute Gasteiger partial charge is 0.573 e. The standard InChI is InChI=1S/C11H13F3N2O4/c1-3-19-10(17)8-9(20-11(12,13)14)6(4-15)7(18-2)5-16-8/h5H,3-4,15H2,1-2H3. The third-order valence-electron chi connectivity index (χ3n) is 2.21. The minimum Gasteiger partial charge on any atom is -0.495 e. The molecule has 0 aliphatic carbocycles. The van der Waals surface area contributed by atoms with E-state index in [4.69, 9.17) is 10.5 Å². The molecule has 0 saturated heterocycles. The molecule has 0 fully saturated rings. The average Bonchev–Trinajstić information content (AvgIpc) is 2.36. The van der Waals surface area contributed by atoms with Gasteiger partial charge in [0.2, 0.25) is 0 Å². The van der Waals surface area contributed by atoms with Gasteiger partial charge in [0.25, 0.3) is 0 Å². The molecule has 1 aromatic heterocycles. The first-order valence-corrected chi connectivity index (χ1v) is 5.52. The molecule has 112 valence electrons. The number of aromatic nitrogens is 1. The number of nitrogens with zero attached hydrogens (tertiary/aromatic N) is 1. The summed E-state index contributed by atoms with van der Waals surface area (Å²) in [6.07, 6.45) is -3.92. The highest BCUT2D eigenvalue weighted by atomic mass is 19.4. The second-order valence-electron chi connectivity index (χ2n) is 3.46. The van der Waals surface area contributed by atoms with Gasteiger partial charge in [0.1, 0.15) is 5.75 Å². The van der Waals surface area contributed by atoms with Gasteiger partial charge in [0.15, 0.2) is 11.4 Å². The number of alkyl halides is 3. The highest BCUT2D eigenvalue weighted by molar-refractivity contribution is 5.91. The van der Waals surface area contributed by atoms with E-state index in [2.05, 4.69) is 14.5 Å². The van der Waals surface area contributed by atoms with Crippen LogP contribution < -0.4 is 15.2 Å². The maximum absolute atomic E-state index is 12.4. The molecule has 0 amide bonds. The van der Waals surface area contributed by atoms with E-state index in [1.54, 1.807) is 0 Å². The van der Waals surface area contributed by atoms with E-state index in [0.29, 0.717) is 0 Å². The van der Waals surface area contributed by atoms with Gasteiger partial charge in [0.05, 0.1) is 25.5 Å². The first-order valence-electron chi connectivity index (χ1n) is 5.52. The van der Waals surface area contributed by atoms with Crippen molar-refractivity contribution in [3.8, 4) is 11.5 Å². The van der Waals surface area contributed by atoms with E-state index in [1.165, 1.54) is 14.0 Å². The van der Waals surface area contributed by atoms with Gasteiger partial charge >= 0.3 is 12.3 Å². The van der Waals surface area contributed by atoms with Crippen molar-refractivity contribution in [1.82, 2.24) is 4.98 Å². The number of carbonyl (C=O) groups is 1. The minimum atomic E-state index is -5.00. The Bertz CT molecular complexity index is 491. The Morgan fingerprint density at radius 1 is 1.45 bits per heavy atom. The molecule has 0 bridgehead atoms. The molecule has 1 aromatic rings. The van der Waals surface area contributed by atoms with Crippen LogP contribution in [-0.2, 0) is 11.3 Å². The molecule has 1 heterocycles. The van der Waals surface area contributed by atoms with Crippen LogP contribution in [0.3, 0.4) is 0 Å². The molecular formula is C11H13F3N2O4. The van der Waals surface area contributed by atoms with Crippen molar-refractivity contribution in [1.29, 1.82) is 0 Å². The fourth-order valence-corrected chi connectivity index (χ4v) is 1.45. The van der Waals surface area contributed by atoms with Gasteiger partial charge in [-0.05, 0) is 6.92 Å². The fourth-order valence-electron chi connectivity index (χ4n) is 1.45. The van der Waals surface area contributed by atoms with Gasteiger partial charge < -0.3 is 19.9 Å². The minimum absolute atomic E-state index is 0.0141. The predicted octanol–water partition coefficient (Wildman–Crippen LogP) is 1.62. The van der Waals surface area contributed by atoms with E-state index in [-0.39, 0.29) is 24.5 Å². The lowest BCUT2D eigenvalue weighted by Crippen LogP contribution is -2.22. The van der Waals surface area contributed by atoms with E-state index >= 15 is 0 Å². The van der Waals surface area contributed by atoms with Crippen molar-refractivity contribution in [2.75, 3.05) is 13.7 Å². The second-order valence-corrected chi connectivity index (χ2v) is 3.46. The van der Waals surface area contributed by atoms with Crippen molar-refractivity contribution in [3.63, 3.8) is 0 Å². The molecule has 0 spiro atoms. The van der Waals surface area contributed by atoms with Gasteiger partial charge in [-0.25, -0.2) is 9.78 Å². The number of carbonyl (C=O) groups excluding carboxylic acids is 1. The van der Waals surface area contributed by atoms with Crippen LogP contribution >= 0.6 is 0 Å². The normalized spacial score (nSPS) is 11.1. The number of rotatable bonds is 5. The molecular weight excluding hydrogens is 281 g/mol. The highest BCUT2D eigenvalue weighted by Gasteiger charge is 2.36. The van der Waals surface area contributed by atoms with Gasteiger partial charge in [0, 0.05) is 6.54 Å². The predicted molar refractivity (Wildman–Crippen MR) is 61.3 cm³/mol. The molecule has 6 nitrogen and oxygen atoms in total. The fraction of sp³-hybridized carbons (Fsp3) is 0.455. The summed E-state index contributed by atoms with van der Waals surface area (Å²) in [5.41, 5.74) is 4.65. The number of methoxy groups -OCH3 is 1. The molecule has 20 heavy (non-hydrogen) atoms. The summed E-state index contributed by atoms with van der Waals surface area (Å²) < 4.78 is 50.6. The Balaban J connectivity index is 3.39. The summed E-state index contributed by atoms with van der Waals surface area (Å²) in [5, 5.41) is 0. The number of hydrogen-bond donors (Lipinski definition) is 1. The lowest BCUT2D eigenvalue weighted by atomic mass is 10.1. The Hall–Kier alpha value is -2.03. The van der Waals surface area contributed by atoms with Gasteiger partial charge in [-0.2, -0.15) is 0 Å². The van der Waals surface area contributed by atoms with Crippen LogP contribution in [-0.4, -0.2) is 31.0 Å². The van der Waals surface area contributed by atoms with Gasteiger partial charge in [-0.15, -0.1) is 13.2 Å². The molecule has 0 aliphatic heterocycles. The van der Waals surface area contributed by atoms with Crippen molar-refractivity contribution >= 4 is 5.97 Å². The number of esters is 1. The van der Waals surface area contributed by atoms with E-state index in [0.717, 1.165) is 6.20 Å². The summed E-state index contributed by atoms with van der Waals surface area (Å²) in [6, 6.07) is 0. The number of halogens is 3. The van der Waals surface area contributed by atoms with E-state index < -0.39 is 23.8 Å². The third kappa shape index (κ3) is 3.73. The van der Waals surface area contributed by atoms with Crippen molar-refractivity contribution in [2.45, 2.75) is 19.8 Å². The first-order chi connectivity index (χ1) is 9.34. The highest BCUT2D eigenvalue weighted by Crippen LogP contribution is 2.34. The van der Waals surface area contributed by atoms with Crippen LogP contribution in [0.1, 0.15) is 23.0 Å². The number of nitrogens with two attached hydrogens (primary N) is 1. The molecule has 0 radical (unpaired) electrons. The monoisotopic (exact) mass is 294 g/mol. The Morgan fingerprint density at radius 3 is 2.55 bits per heavy atom. The summed E-state index contributed by atoms with van der Waals surface area (Å²) in [5.74, 6) is -1.86. The molecule has 0 unspecified atom stereocenters. The Labute approximate surface area is 112 Å².